The molecule has 0 saturated carbocycles. The second-order valence-electron chi connectivity index (χ2n) is 3.57. The minimum Gasteiger partial charge on any atom is -0.395 e. The number of alkyl halides is 2. The quantitative estimate of drug-likeness (QED) is 0.882. The first-order valence-electron chi connectivity index (χ1n) is 5.10. The molecule has 0 radical (unpaired) electrons. The van der Waals surface area contributed by atoms with Crippen LogP contribution in [0, 0.1) is 13.8 Å². The van der Waals surface area contributed by atoms with Gasteiger partial charge in [-0.15, -0.1) is 0 Å². The van der Waals surface area contributed by atoms with Crippen molar-refractivity contribution in [2.24, 2.45) is 0 Å². The highest BCUT2D eigenvalue weighted by Crippen LogP contribution is 2.23. The molecule has 0 unspecified atom stereocenters. The highest BCUT2D eigenvalue weighted by Gasteiger charge is 2.18. The summed E-state index contributed by atoms with van der Waals surface area (Å²) in [5.74, 6) is 0.184. The number of nitrogens with zero attached hydrogens (tertiary/aromatic N) is 3. The molecule has 1 N–H and O–H groups in total. The van der Waals surface area contributed by atoms with Crippen LogP contribution in [0.25, 0.3) is 0 Å². The van der Waals surface area contributed by atoms with Crippen molar-refractivity contribution in [2.45, 2.75) is 20.3 Å². The fourth-order valence-corrected chi connectivity index (χ4v) is 1.62. The summed E-state index contributed by atoms with van der Waals surface area (Å²) >= 11 is 5.87. The molecular weight excluding hydrogens is 252 g/mol. The first-order chi connectivity index (χ1) is 7.95. The zero-order valence-electron chi connectivity index (χ0n) is 9.62. The lowest BCUT2D eigenvalue weighted by molar-refractivity contribution is 0.152. The van der Waals surface area contributed by atoms with E-state index in [1.54, 1.807) is 13.8 Å². The fraction of sp³-hybridized carbons (Fsp3) is 0.600. The van der Waals surface area contributed by atoms with Crippen molar-refractivity contribution in [3.63, 3.8) is 0 Å². The number of hydrogen-bond acceptors (Lipinski definition) is 4. The third-order valence-corrected chi connectivity index (χ3v) is 2.53. The molecule has 4 nitrogen and oxygen atoms in total. The first-order valence-corrected chi connectivity index (χ1v) is 5.48. The van der Waals surface area contributed by atoms with Gasteiger partial charge < -0.3 is 10.0 Å². The molecule has 1 heterocycles. The maximum absolute atomic E-state index is 12.4. The third kappa shape index (κ3) is 3.74. The molecule has 0 aliphatic carbocycles. The van der Waals surface area contributed by atoms with Crippen molar-refractivity contribution in [1.82, 2.24) is 9.97 Å². The van der Waals surface area contributed by atoms with Crippen LogP contribution in [0.5, 0.6) is 0 Å². The molecule has 0 aliphatic rings. The molecule has 1 aromatic rings. The summed E-state index contributed by atoms with van der Waals surface area (Å²) in [6, 6.07) is 0. The number of aryl methyl sites for hydroxylation is 2. The van der Waals surface area contributed by atoms with Crippen molar-refractivity contribution in [2.75, 3.05) is 24.6 Å². The maximum Gasteiger partial charge on any atom is 0.255 e. The molecule has 1 aromatic heterocycles. The first kappa shape index (κ1) is 14.1. The minimum absolute atomic E-state index is 0.0429. The van der Waals surface area contributed by atoms with Gasteiger partial charge in [0, 0.05) is 6.54 Å². The third-order valence-electron chi connectivity index (χ3n) is 2.28. The molecule has 1 rings (SSSR count). The van der Waals surface area contributed by atoms with Crippen LogP contribution in [-0.4, -0.2) is 41.2 Å². The Bertz CT molecular complexity index is 390. The van der Waals surface area contributed by atoms with E-state index in [2.05, 4.69) is 9.97 Å². The SMILES string of the molecule is Cc1nc(Cl)c(N(CCO)CC(F)F)nc1C. The van der Waals surface area contributed by atoms with Crippen LogP contribution in [0.4, 0.5) is 14.6 Å². The van der Waals surface area contributed by atoms with E-state index in [9.17, 15) is 8.78 Å². The van der Waals surface area contributed by atoms with Crippen LogP contribution in [0.15, 0.2) is 0 Å². The van der Waals surface area contributed by atoms with E-state index in [0.29, 0.717) is 11.4 Å². The van der Waals surface area contributed by atoms with Gasteiger partial charge in [-0.1, -0.05) is 11.6 Å². The fourth-order valence-electron chi connectivity index (χ4n) is 1.34. The normalized spacial score (nSPS) is 11.0. The molecule has 7 heteroatoms. The number of aliphatic hydroxyl groups is 1. The predicted octanol–water partition coefficient (Wildman–Crippen LogP) is 1.81. The number of hydrogen-bond donors (Lipinski definition) is 1. The van der Waals surface area contributed by atoms with Gasteiger partial charge in [0.25, 0.3) is 6.43 Å². The molecule has 0 amide bonds. The maximum atomic E-state index is 12.4. The Labute approximate surface area is 103 Å². The van der Waals surface area contributed by atoms with E-state index in [4.69, 9.17) is 16.7 Å². The monoisotopic (exact) mass is 265 g/mol. The van der Waals surface area contributed by atoms with E-state index in [1.807, 2.05) is 0 Å². The average molecular weight is 266 g/mol. The van der Waals surface area contributed by atoms with E-state index in [0.717, 1.165) is 0 Å². The van der Waals surface area contributed by atoms with Gasteiger partial charge in [0.2, 0.25) is 0 Å². The Hall–Kier alpha value is -1.01. The Morgan fingerprint density at radius 1 is 1.29 bits per heavy atom. The molecule has 0 atom stereocenters. The van der Waals surface area contributed by atoms with Crippen LogP contribution in [0.3, 0.4) is 0 Å². The van der Waals surface area contributed by atoms with Crippen molar-refractivity contribution < 1.29 is 13.9 Å². The molecule has 0 fully saturated rings. The van der Waals surface area contributed by atoms with Gasteiger partial charge in [0.15, 0.2) is 11.0 Å². The van der Waals surface area contributed by atoms with Crippen LogP contribution in [0.1, 0.15) is 11.4 Å². The highest BCUT2D eigenvalue weighted by atomic mass is 35.5. The lowest BCUT2D eigenvalue weighted by atomic mass is 10.3. The average Bonchev–Trinajstić information content (AvgIpc) is 2.22. The summed E-state index contributed by atoms with van der Waals surface area (Å²) in [5, 5.41) is 8.92. The topological polar surface area (TPSA) is 49.2 Å². The van der Waals surface area contributed by atoms with Gasteiger partial charge >= 0.3 is 0 Å². The van der Waals surface area contributed by atoms with Crippen molar-refractivity contribution in [3.05, 3.63) is 16.5 Å². The molecule has 17 heavy (non-hydrogen) atoms. The van der Waals surface area contributed by atoms with Gasteiger partial charge in [-0.25, -0.2) is 18.7 Å². The molecule has 0 spiro atoms. The molecule has 0 bridgehead atoms. The van der Waals surface area contributed by atoms with Crippen LogP contribution < -0.4 is 4.90 Å². The zero-order valence-corrected chi connectivity index (χ0v) is 10.4. The largest absolute Gasteiger partial charge is 0.395 e. The van der Waals surface area contributed by atoms with E-state index >= 15 is 0 Å². The molecule has 0 aromatic carbocycles. The Kier molecular flexibility index (Phi) is 5.02. The number of anilines is 1. The summed E-state index contributed by atoms with van der Waals surface area (Å²) in [6.07, 6.45) is -2.53. The smallest absolute Gasteiger partial charge is 0.255 e. The number of aromatic nitrogens is 2. The van der Waals surface area contributed by atoms with Gasteiger partial charge in [0.1, 0.15) is 0 Å². The highest BCUT2D eigenvalue weighted by molar-refractivity contribution is 6.31. The lowest BCUT2D eigenvalue weighted by Crippen LogP contribution is -2.33. The standard InChI is InChI=1S/C10H14ClF2N3O/c1-6-7(2)15-10(9(11)14-6)16(3-4-17)5-8(12)13/h8,17H,3-5H2,1-2H3. The van der Waals surface area contributed by atoms with Crippen molar-refractivity contribution >= 4 is 17.4 Å². The summed E-state index contributed by atoms with van der Waals surface area (Å²) in [7, 11) is 0. The molecular formula is C10H14ClF2N3O. The van der Waals surface area contributed by atoms with E-state index in [-0.39, 0.29) is 24.1 Å². The summed E-state index contributed by atoms with van der Waals surface area (Å²) in [5.41, 5.74) is 1.28. The van der Waals surface area contributed by atoms with Gasteiger partial charge in [-0.05, 0) is 13.8 Å². The number of aliphatic hydroxyl groups excluding tert-OH is 1. The second-order valence-corrected chi connectivity index (χ2v) is 3.93. The van der Waals surface area contributed by atoms with Crippen LogP contribution in [-0.2, 0) is 0 Å². The van der Waals surface area contributed by atoms with Crippen LogP contribution >= 0.6 is 11.6 Å². The summed E-state index contributed by atoms with van der Waals surface area (Å²) in [6.45, 7) is 2.72. The minimum atomic E-state index is -2.53. The molecule has 0 saturated heterocycles. The Morgan fingerprint density at radius 2 is 1.88 bits per heavy atom. The predicted molar refractivity (Wildman–Crippen MR) is 61.8 cm³/mol. The Morgan fingerprint density at radius 3 is 2.41 bits per heavy atom. The van der Waals surface area contributed by atoms with Gasteiger partial charge in [-0.2, -0.15) is 0 Å². The van der Waals surface area contributed by atoms with Gasteiger partial charge in [0.05, 0.1) is 24.5 Å². The Balaban J connectivity index is 3.04. The lowest BCUT2D eigenvalue weighted by Gasteiger charge is -2.23. The summed E-state index contributed by atoms with van der Waals surface area (Å²) in [4.78, 5) is 9.38. The van der Waals surface area contributed by atoms with Crippen molar-refractivity contribution in [3.8, 4) is 0 Å². The van der Waals surface area contributed by atoms with E-state index < -0.39 is 13.0 Å². The summed E-state index contributed by atoms with van der Waals surface area (Å²) < 4.78 is 24.8. The zero-order chi connectivity index (χ0) is 13.0. The molecule has 0 aliphatic heterocycles. The second kappa shape index (κ2) is 6.07. The van der Waals surface area contributed by atoms with Gasteiger partial charge in [-0.3, -0.25) is 0 Å². The van der Waals surface area contributed by atoms with Crippen molar-refractivity contribution in [1.29, 1.82) is 0 Å². The van der Waals surface area contributed by atoms with E-state index in [1.165, 1.54) is 4.90 Å². The number of rotatable bonds is 5. The van der Waals surface area contributed by atoms with Crippen LogP contribution in [0.2, 0.25) is 5.15 Å². The molecule has 96 valence electrons. The number of halogens is 3.